The summed E-state index contributed by atoms with van der Waals surface area (Å²) in [7, 11) is 0. The number of carbonyl (C=O) groups is 3. The molecule has 0 saturated heterocycles. The van der Waals surface area contributed by atoms with Crippen LogP contribution >= 0.6 is 0 Å². The number of nitrogens with two attached hydrogens (primary N) is 4. The van der Waals surface area contributed by atoms with E-state index in [1.165, 1.54) is 0 Å². The average Bonchev–Trinajstić information content (AvgIpc) is 2.58. The second-order valence-electron chi connectivity index (χ2n) is 5.72. The van der Waals surface area contributed by atoms with E-state index in [9.17, 15) is 14.4 Å². The molecular formula is C15H32N4O6. The third-order valence-electron chi connectivity index (χ3n) is 3.54. The summed E-state index contributed by atoms with van der Waals surface area (Å²) in [5, 5.41) is 16.8. The summed E-state index contributed by atoms with van der Waals surface area (Å²) in [4.78, 5) is 31.7. The van der Waals surface area contributed by atoms with E-state index >= 15 is 0 Å². The molecule has 0 bridgehead atoms. The lowest BCUT2D eigenvalue weighted by molar-refractivity contribution is -0.149. The van der Waals surface area contributed by atoms with E-state index in [1.54, 1.807) is 0 Å². The lowest BCUT2D eigenvalue weighted by Crippen LogP contribution is -2.39. The first-order valence-corrected chi connectivity index (χ1v) is 8.17. The van der Waals surface area contributed by atoms with Gasteiger partial charge >= 0.3 is 17.9 Å². The van der Waals surface area contributed by atoms with Gasteiger partial charge in [-0.25, -0.2) is 0 Å². The fraction of sp³-hybridized carbons (Fsp3) is 0.800. The van der Waals surface area contributed by atoms with Crippen LogP contribution in [-0.2, 0) is 19.1 Å². The molecule has 0 aromatic heterocycles. The molecule has 0 aliphatic rings. The van der Waals surface area contributed by atoms with Gasteiger partial charge in [-0.3, -0.25) is 14.4 Å². The summed E-state index contributed by atoms with van der Waals surface area (Å²) >= 11 is 0. The zero-order valence-corrected chi connectivity index (χ0v) is 14.9. The van der Waals surface area contributed by atoms with Gasteiger partial charge in [0.1, 0.15) is 24.7 Å². The van der Waals surface area contributed by atoms with Crippen LogP contribution in [0.2, 0.25) is 0 Å². The maximum absolute atomic E-state index is 11.2. The van der Waals surface area contributed by atoms with Crippen molar-refractivity contribution in [2.75, 3.05) is 13.2 Å². The second-order valence-corrected chi connectivity index (χ2v) is 5.72. The van der Waals surface area contributed by atoms with Crippen molar-refractivity contribution in [3.63, 3.8) is 0 Å². The predicted octanol–water partition coefficient (Wildman–Crippen LogP) is -1.16. The molecule has 10 heteroatoms. The molecule has 4 atom stereocenters. The highest BCUT2D eigenvalue weighted by Gasteiger charge is 2.19. The van der Waals surface area contributed by atoms with E-state index in [-0.39, 0.29) is 12.5 Å². The number of hydrogen-bond donors (Lipinski definition) is 6. The Morgan fingerprint density at radius 2 is 1.56 bits per heavy atom. The number of carbonyl (C=O) groups excluding carboxylic acids is 1. The van der Waals surface area contributed by atoms with Gasteiger partial charge in [-0.05, 0) is 25.3 Å². The monoisotopic (exact) mass is 364 g/mol. The smallest absolute Gasteiger partial charge is 0.324 e. The van der Waals surface area contributed by atoms with Gasteiger partial charge in [-0.15, -0.1) is 0 Å². The SMILES string of the molecule is CC[C@H](C)[C@H](N)C(=O)O.NCCCC[C@H](N)C(=O)OC[C@H](N)C(=O)O. The molecule has 0 radical (unpaired) electrons. The Hall–Kier alpha value is -1.75. The van der Waals surface area contributed by atoms with Crippen molar-refractivity contribution >= 4 is 17.9 Å². The Balaban J connectivity index is 0. The van der Waals surface area contributed by atoms with Crippen LogP contribution in [0.3, 0.4) is 0 Å². The molecule has 0 spiro atoms. The van der Waals surface area contributed by atoms with Crippen molar-refractivity contribution < 1.29 is 29.3 Å². The number of carboxylic acids is 2. The van der Waals surface area contributed by atoms with Crippen molar-refractivity contribution in [1.29, 1.82) is 0 Å². The molecule has 0 aliphatic heterocycles. The van der Waals surface area contributed by atoms with Gasteiger partial charge in [0, 0.05) is 0 Å². The van der Waals surface area contributed by atoms with Crippen LogP contribution in [0.15, 0.2) is 0 Å². The van der Waals surface area contributed by atoms with Crippen LogP contribution in [0.4, 0.5) is 0 Å². The van der Waals surface area contributed by atoms with Crippen LogP contribution < -0.4 is 22.9 Å². The quantitative estimate of drug-likeness (QED) is 0.191. The number of esters is 1. The van der Waals surface area contributed by atoms with Crippen LogP contribution in [-0.4, -0.2) is 59.4 Å². The molecule has 0 heterocycles. The first kappa shape index (κ1) is 25.5. The van der Waals surface area contributed by atoms with Gasteiger partial charge in [-0.1, -0.05) is 26.7 Å². The largest absolute Gasteiger partial charge is 0.480 e. The third kappa shape index (κ3) is 13.2. The van der Waals surface area contributed by atoms with Crippen molar-refractivity contribution in [2.45, 2.75) is 57.7 Å². The zero-order chi connectivity index (χ0) is 20.0. The number of aliphatic carboxylic acids is 2. The molecule has 148 valence electrons. The molecule has 25 heavy (non-hydrogen) atoms. The van der Waals surface area contributed by atoms with Gasteiger partial charge in [0.2, 0.25) is 0 Å². The first-order valence-electron chi connectivity index (χ1n) is 8.17. The van der Waals surface area contributed by atoms with Crippen molar-refractivity contribution in [3.05, 3.63) is 0 Å². The highest BCUT2D eigenvalue weighted by atomic mass is 16.5. The number of rotatable bonds is 11. The Bertz CT molecular complexity index is 407. The molecule has 10 nitrogen and oxygen atoms in total. The normalized spacial score (nSPS) is 15.1. The average molecular weight is 364 g/mol. The Labute approximate surface area is 147 Å². The van der Waals surface area contributed by atoms with Gasteiger partial charge in [0.15, 0.2) is 0 Å². The molecule has 0 aromatic rings. The number of ether oxygens (including phenoxy) is 1. The lowest BCUT2D eigenvalue weighted by Gasteiger charge is -2.12. The van der Waals surface area contributed by atoms with Crippen LogP contribution in [0.5, 0.6) is 0 Å². The molecule has 10 N–H and O–H groups in total. The zero-order valence-electron chi connectivity index (χ0n) is 14.9. The Morgan fingerprint density at radius 3 is 1.92 bits per heavy atom. The lowest BCUT2D eigenvalue weighted by atomic mass is 10.0. The summed E-state index contributed by atoms with van der Waals surface area (Å²) in [5.74, 6) is -2.69. The van der Waals surface area contributed by atoms with Crippen molar-refractivity contribution in [3.8, 4) is 0 Å². The summed E-state index contributed by atoms with van der Waals surface area (Å²) in [5.41, 5.74) is 21.2. The van der Waals surface area contributed by atoms with Crippen LogP contribution in [0, 0.1) is 5.92 Å². The number of hydrogen-bond acceptors (Lipinski definition) is 8. The topological polar surface area (TPSA) is 205 Å². The molecular weight excluding hydrogens is 332 g/mol. The minimum absolute atomic E-state index is 0.0718. The van der Waals surface area contributed by atoms with Crippen LogP contribution in [0.1, 0.15) is 39.5 Å². The standard InChI is InChI=1S/C9H19N3O4.C6H13NO2/c10-4-2-1-3-6(11)9(15)16-5-7(12)8(13)14;1-3-4(2)5(7)6(8)9/h6-7H,1-5,10-12H2,(H,13,14);4-5H,3,7H2,1-2H3,(H,8,9)/t6-,7-;4-,5-/m00/s1. The van der Waals surface area contributed by atoms with E-state index in [2.05, 4.69) is 4.74 Å². The van der Waals surface area contributed by atoms with Crippen LogP contribution in [0.25, 0.3) is 0 Å². The van der Waals surface area contributed by atoms with Gasteiger partial charge in [0.05, 0.1) is 0 Å². The van der Waals surface area contributed by atoms with Gasteiger partial charge < -0.3 is 37.9 Å². The Morgan fingerprint density at radius 1 is 1.00 bits per heavy atom. The summed E-state index contributed by atoms with van der Waals surface area (Å²) in [6.45, 7) is 3.94. The van der Waals surface area contributed by atoms with E-state index in [0.29, 0.717) is 13.0 Å². The first-order chi connectivity index (χ1) is 11.6. The third-order valence-corrected chi connectivity index (χ3v) is 3.54. The van der Waals surface area contributed by atoms with Gasteiger partial charge in [0.25, 0.3) is 0 Å². The highest BCUT2D eigenvalue weighted by Crippen LogP contribution is 2.04. The highest BCUT2D eigenvalue weighted by molar-refractivity contribution is 5.77. The molecule has 0 rings (SSSR count). The van der Waals surface area contributed by atoms with E-state index < -0.39 is 36.0 Å². The molecule has 0 unspecified atom stereocenters. The fourth-order valence-electron chi connectivity index (χ4n) is 1.47. The summed E-state index contributed by atoms with van der Waals surface area (Å²) < 4.78 is 4.66. The molecule has 0 aliphatic carbocycles. The predicted molar refractivity (Wildman–Crippen MR) is 92.5 cm³/mol. The van der Waals surface area contributed by atoms with Gasteiger partial charge in [-0.2, -0.15) is 0 Å². The van der Waals surface area contributed by atoms with Crippen molar-refractivity contribution in [1.82, 2.24) is 0 Å². The molecule has 0 aromatic carbocycles. The number of unbranched alkanes of at least 4 members (excludes halogenated alkanes) is 1. The minimum atomic E-state index is -1.22. The summed E-state index contributed by atoms with van der Waals surface area (Å²) in [6.07, 6.45) is 2.80. The molecule has 0 amide bonds. The fourth-order valence-corrected chi connectivity index (χ4v) is 1.47. The summed E-state index contributed by atoms with van der Waals surface area (Å²) in [6, 6.07) is -2.65. The second kappa shape index (κ2) is 14.6. The Kier molecular flexibility index (Phi) is 14.9. The van der Waals surface area contributed by atoms with E-state index in [1.807, 2.05) is 13.8 Å². The minimum Gasteiger partial charge on any atom is -0.480 e. The molecule has 0 fully saturated rings. The maximum atomic E-state index is 11.2. The maximum Gasteiger partial charge on any atom is 0.324 e. The van der Waals surface area contributed by atoms with E-state index in [0.717, 1.165) is 19.3 Å². The van der Waals surface area contributed by atoms with Crippen molar-refractivity contribution in [2.24, 2.45) is 28.9 Å². The number of carboxylic acid groups (broad SMARTS) is 2. The van der Waals surface area contributed by atoms with E-state index in [4.69, 9.17) is 33.1 Å². The molecule has 0 saturated carbocycles.